The van der Waals surface area contributed by atoms with Crippen LogP contribution in [0.15, 0.2) is 75.9 Å². The van der Waals surface area contributed by atoms with Gasteiger partial charge < -0.3 is 14.4 Å². The highest BCUT2D eigenvalue weighted by Gasteiger charge is 2.42. The Morgan fingerprint density at radius 2 is 1.81 bits per heavy atom. The Morgan fingerprint density at radius 1 is 1.03 bits per heavy atom. The molecule has 5 nitrogen and oxygen atoms in total. The zero-order valence-electron chi connectivity index (χ0n) is 16.6. The van der Waals surface area contributed by atoms with Crippen LogP contribution < -0.4 is 5.43 Å². The first kappa shape index (κ1) is 19.4. The van der Waals surface area contributed by atoms with Crippen LogP contribution >= 0.6 is 11.6 Å². The quantitative estimate of drug-likeness (QED) is 0.483. The smallest absolute Gasteiger partial charge is 0.291 e. The van der Waals surface area contributed by atoms with Crippen molar-refractivity contribution in [1.29, 1.82) is 0 Å². The van der Waals surface area contributed by atoms with Gasteiger partial charge in [0, 0.05) is 11.6 Å². The summed E-state index contributed by atoms with van der Waals surface area (Å²) >= 11 is 6.10. The number of aryl methyl sites for hydroxylation is 1. The Hall–Kier alpha value is -3.57. The molecule has 0 radical (unpaired) electrons. The number of benzene rings is 3. The lowest BCUT2D eigenvalue weighted by Crippen LogP contribution is -2.29. The maximum atomic E-state index is 13.5. The zero-order valence-corrected chi connectivity index (χ0v) is 17.4. The van der Waals surface area contributed by atoms with Gasteiger partial charge >= 0.3 is 0 Å². The Morgan fingerprint density at radius 3 is 2.55 bits per heavy atom. The molecular weight excluding hydrogens is 414 g/mol. The molecule has 1 atom stereocenters. The molecule has 1 aromatic heterocycles. The minimum Gasteiger partial charge on any atom is -0.508 e. The number of hydrogen-bond acceptors (Lipinski definition) is 4. The fourth-order valence-electron chi connectivity index (χ4n) is 4.09. The van der Waals surface area contributed by atoms with Gasteiger partial charge in [0.1, 0.15) is 11.3 Å². The highest BCUT2D eigenvalue weighted by molar-refractivity contribution is 6.31. The second-order valence-electron chi connectivity index (χ2n) is 7.73. The molecule has 1 N–H and O–H groups in total. The summed E-state index contributed by atoms with van der Waals surface area (Å²) in [6.45, 7) is 2.29. The van der Waals surface area contributed by atoms with Crippen LogP contribution in [-0.2, 0) is 6.54 Å². The van der Waals surface area contributed by atoms with Gasteiger partial charge in [-0.3, -0.25) is 9.59 Å². The first-order valence-corrected chi connectivity index (χ1v) is 10.2. The van der Waals surface area contributed by atoms with Gasteiger partial charge in [-0.15, -0.1) is 0 Å². The van der Waals surface area contributed by atoms with E-state index in [-0.39, 0.29) is 28.4 Å². The largest absolute Gasteiger partial charge is 0.508 e. The average molecular weight is 432 g/mol. The van der Waals surface area contributed by atoms with Crippen LogP contribution in [-0.4, -0.2) is 15.9 Å². The number of phenols is 1. The van der Waals surface area contributed by atoms with E-state index in [1.54, 1.807) is 47.4 Å². The first-order valence-electron chi connectivity index (χ1n) is 9.84. The van der Waals surface area contributed by atoms with Crippen molar-refractivity contribution in [2.45, 2.75) is 19.5 Å². The summed E-state index contributed by atoms with van der Waals surface area (Å²) in [7, 11) is 0. The molecule has 2 heterocycles. The molecule has 1 unspecified atom stereocenters. The van der Waals surface area contributed by atoms with Gasteiger partial charge in [-0.05, 0) is 48.4 Å². The summed E-state index contributed by atoms with van der Waals surface area (Å²) in [5, 5.41) is 10.8. The molecule has 154 valence electrons. The number of amides is 1. The molecule has 0 spiro atoms. The number of phenolic OH excluding ortho intramolecular Hbond substituents is 1. The number of aromatic hydroxyl groups is 1. The van der Waals surface area contributed by atoms with Crippen LogP contribution in [0.2, 0.25) is 5.02 Å². The second-order valence-corrected chi connectivity index (χ2v) is 8.17. The predicted octanol–water partition coefficient (Wildman–Crippen LogP) is 5.21. The van der Waals surface area contributed by atoms with Crippen molar-refractivity contribution in [2.75, 3.05) is 0 Å². The third-order valence-electron chi connectivity index (χ3n) is 5.59. The fourth-order valence-corrected chi connectivity index (χ4v) is 4.26. The normalized spacial score (nSPS) is 15.5. The van der Waals surface area contributed by atoms with Crippen molar-refractivity contribution < 1.29 is 14.3 Å². The van der Waals surface area contributed by atoms with E-state index in [9.17, 15) is 14.7 Å². The number of fused-ring (bicyclic) bond motifs is 2. The van der Waals surface area contributed by atoms with Crippen molar-refractivity contribution in [1.82, 2.24) is 4.90 Å². The van der Waals surface area contributed by atoms with Crippen LogP contribution in [0.3, 0.4) is 0 Å². The third-order valence-corrected chi connectivity index (χ3v) is 5.82. The maximum absolute atomic E-state index is 13.5. The molecule has 0 saturated carbocycles. The summed E-state index contributed by atoms with van der Waals surface area (Å²) in [6, 6.07) is 18.5. The standard InChI is InChI=1S/C25H18ClNO4/c1-14-5-7-15(8-6-14)13-27-22(16-3-2-4-18(28)11-16)21-23(29)19-12-17(26)9-10-20(19)31-24(21)25(27)30/h2-12,22,28H,13H2,1H3. The topological polar surface area (TPSA) is 70.8 Å². The first-order chi connectivity index (χ1) is 14.9. The molecule has 1 aliphatic heterocycles. The lowest BCUT2D eigenvalue weighted by Gasteiger charge is -2.25. The van der Waals surface area contributed by atoms with Crippen molar-refractivity contribution >= 4 is 28.5 Å². The molecular formula is C25H18ClNO4. The van der Waals surface area contributed by atoms with Gasteiger partial charge in [0.15, 0.2) is 5.43 Å². The van der Waals surface area contributed by atoms with Gasteiger partial charge in [0.25, 0.3) is 5.91 Å². The lowest BCUT2D eigenvalue weighted by molar-refractivity contribution is 0.0714. The van der Waals surface area contributed by atoms with Crippen LogP contribution in [0.25, 0.3) is 11.0 Å². The molecule has 3 aromatic carbocycles. The average Bonchev–Trinajstić information content (AvgIpc) is 3.02. The Kier molecular flexibility index (Phi) is 4.56. The van der Waals surface area contributed by atoms with E-state index in [0.717, 1.165) is 11.1 Å². The van der Waals surface area contributed by atoms with Crippen LogP contribution in [0.1, 0.15) is 38.9 Å². The van der Waals surface area contributed by atoms with E-state index in [4.69, 9.17) is 16.0 Å². The summed E-state index contributed by atoms with van der Waals surface area (Å²) in [6.07, 6.45) is 0. The molecule has 0 fully saturated rings. The molecule has 4 aromatic rings. The zero-order chi connectivity index (χ0) is 21.7. The number of rotatable bonds is 3. The van der Waals surface area contributed by atoms with Gasteiger partial charge in [0.2, 0.25) is 5.76 Å². The molecule has 0 bridgehead atoms. The summed E-state index contributed by atoms with van der Waals surface area (Å²) in [5.74, 6) is -0.278. The van der Waals surface area contributed by atoms with Crippen LogP contribution in [0, 0.1) is 6.92 Å². The van der Waals surface area contributed by atoms with E-state index >= 15 is 0 Å². The second kappa shape index (κ2) is 7.29. The number of carbonyl (C=O) groups excluding carboxylic acids is 1. The lowest BCUT2D eigenvalue weighted by atomic mass is 9.98. The maximum Gasteiger partial charge on any atom is 0.291 e. The van der Waals surface area contributed by atoms with Gasteiger partial charge in [-0.2, -0.15) is 0 Å². The Bertz CT molecular complexity index is 1390. The number of nitrogens with zero attached hydrogens (tertiary/aromatic N) is 1. The van der Waals surface area contributed by atoms with E-state index in [1.807, 2.05) is 31.2 Å². The van der Waals surface area contributed by atoms with E-state index in [1.165, 1.54) is 0 Å². The highest BCUT2D eigenvalue weighted by atomic mass is 35.5. The van der Waals surface area contributed by atoms with E-state index in [0.29, 0.717) is 28.1 Å². The minimum atomic E-state index is -0.685. The molecule has 6 heteroatoms. The molecule has 5 rings (SSSR count). The van der Waals surface area contributed by atoms with Gasteiger partial charge in [0.05, 0.1) is 17.0 Å². The van der Waals surface area contributed by atoms with Crippen molar-refractivity contribution in [3.63, 3.8) is 0 Å². The monoisotopic (exact) mass is 431 g/mol. The van der Waals surface area contributed by atoms with Crippen molar-refractivity contribution in [3.05, 3.63) is 110 Å². The molecule has 31 heavy (non-hydrogen) atoms. The summed E-state index contributed by atoms with van der Waals surface area (Å²) < 4.78 is 5.91. The van der Waals surface area contributed by atoms with Gasteiger partial charge in [-0.1, -0.05) is 53.6 Å². The Balaban J connectivity index is 1.73. The van der Waals surface area contributed by atoms with Crippen molar-refractivity contribution in [3.8, 4) is 5.75 Å². The van der Waals surface area contributed by atoms with Crippen LogP contribution in [0.4, 0.5) is 0 Å². The van der Waals surface area contributed by atoms with E-state index in [2.05, 4.69) is 0 Å². The number of hydrogen-bond donors (Lipinski definition) is 1. The van der Waals surface area contributed by atoms with Crippen molar-refractivity contribution in [2.24, 2.45) is 0 Å². The molecule has 0 saturated heterocycles. The molecule has 0 aliphatic carbocycles. The summed E-state index contributed by atoms with van der Waals surface area (Å²) in [4.78, 5) is 28.5. The Labute approximate surface area is 183 Å². The number of halogens is 1. The molecule has 1 amide bonds. The molecule has 1 aliphatic rings. The summed E-state index contributed by atoms with van der Waals surface area (Å²) in [5.41, 5.74) is 2.95. The van der Waals surface area contributed by atoms with Gasteiger partial charge in [-0.25, -0.2) is 0 Å². The SMILES string of the molecule is Cc1ccc(CN2C(=O)c3oc4ccc(Cl)cc4c(=O)c3C2c2cccc(O)c2)cc1. The van der Waals surface area contributed by atoms with Crippen LogP contribution in [0.5, 0.6) is 5.75 Å². The number of carbonyl (C=O) groups is 1. The van der Waals surface area contributed by atoms with E-state index < -0.39 is 6.04 Å². The minimum absolute atomic E-state index is 0.0280. The fraction of sp³-hybridized carbons (Fsp3) is 0.120. The highest BCUT2D eigenvalue weighted by Crippen LogP contribution is 2.40. The third kappa shape index (κ3) is 3.27. The predicted molar refractivity (Wildman–Crippen MR) is 118 cm³/mol.